The lowest BCUT2D eigenvalue weighted by molar-refractivity contribution is 0.127. The Kier molecular flexibility index (Phi) is 5.22. The van der Waals surface area contributed by atoms with Crippen LogP contribution >= 0.6 is 11.3 Å². The number of aliphatic hydroxyl groups is 1. The van der Waals surface area contributed by atoms with Crippen molar-refractivity contribution in [2.24, 2.45) is 0 Å². The topological polar surface area (TPSA) is 68.7 Å². The molecule has 2 heterocycles. The fourth-order valence-corrected chi connectivity index (χ4v) is 3.37. The number of rotatable bonds is 4. The van der Waals surface area contributed by atoms with Crippen LogP contribution in [0.15, 0.2) is 36.5 Å². The predicted molar refractivity (Wildman–Crippen MR) is 91.7 cm³/mol. The smallest absolute Gasteiger partial charge is 0.323 e. The van der Waals surface area contributed by atoms with Gasteiger partial charge in [-0.15, -0.1) is 0 Å². The molecule has 1 aromatic heterocycles. The van der Waals surface area contributed by atoms with Gasteiger partial charge in [0.1, 0.15) is 0 Å². The summed E-state index contributed by atoms with van der Waals surface area (Å²) >= 11 is 1.47. The molecule has 1 aliphatic heterocycles. The van der Waals surface area contributed by atoms with E-state index in [-0.39, 0.29) is 12.6 Å². The van der Waals surface area contributed by atoms with Gasteiger partial charge < -0.3 is 10.0 Å². The number of nitrogens with zero attached hydrogens (tertiary/aromatic N) is 3. The highest BCUT2D eigenvalue weighted by atomic mass is 32.1. The third-order valence-electron chi connectivity index (χ3n) is 3.85. The summed E-state index contributed by atoms with van der Waals surface area (Å²) < 4.78 is 0. The predicted octanol–water partition coefficient (Wildman–Crippen LogP) is 1.95. The fourth-order valence-electron chi connectivity index (χ4n) is 2.55. The van der Waals surface area contributed by atoms with Gasteiger partial charge in [-0.1, -0.05) is 41.7 Å². The summed E-state index contributed by atoms with van der Waals surface area (Å²) in [7, 11) is 0. The van der Waals surface area contributed by atoms with E-state index in [1.54, 1.807) is 11.1 Å². The second-order valence-electron chi connectivity index (χ2n) is 5.38. The summed E-state index contributed by atoms with van der Waals surface area (Å²) in [6, 6.07) is 9.89. The number of hydrogen-bond acceptors (Lipinski definition) is 5. The average molecular weight is 332 g/mol. The zero-order chi connectivity index (χ0) is 16.1. The van der Waals surface area contributed by atoms with Gasteiger partial charge in [0, 0.05) is 38.9 Å². The Balaban J connectivity index is 1.56. The minimum atomic E-state index is -0.109. The van der Waals surface area contributed by atoms with Gasteiger partial charge in [-0.05, 0) is 5.56 Å². The summed E-state index contributed by atoms with van der Waals surface area (Å²) in [6.07, 6.45) is 1.79. The number of urea groups is 1. The number of carbonyl (C=O) groups is 1. The molecule has 6 nitrogen and oxygen atoms in total. The summed E-state index contributed by atoms with van der Waals surface area (Å²) in [6.45, 7) is 3.75. The number of piperazine rings is 1. The van der Waals surface area contributed by atoms with Crippen molar-refractivity contribution in [3.8, 4) is 10.4 Å². The summed E-state index contributed by atoms with van der Waals surface area (Å²) in [5.74, 6) is 0. The van der Waals surface area contributed by atoms with E-state index in [0.717, 1.165) is 23.5 Å². The fraction of sp³-hybridized carbons (Fsp3) is 0.375. The molecule has 0 bridgehead atoms. The molecule has 0 aliphatic carbocycles. The molecule has 0 saturated carbocycles. The lowest BCUT2D eigenvalue weighted by Gasteiger charge is -2.34. The first-order chi connectivity index (χ1) is 11.3. The molecule has 1 saturated heterocycles. The zero-order valence-corrected chi connectivity index (χ0v) is 13.6. The van der Waals surface area contributed by atoms with Gasteiger partial charge in [0.25, 0.3) is 0 Å². The molecule has 2 amide bonds. The van der Waals surface area contributed by atoms with Gasteiger partial charge in [-0.2, -0.15) is 0 Å². The monoisotopic (exact) mass is 332 g/mol. The Hall–Kier alpha value is -1.96. The second kappa shape index (κ2) is 7.54. The van der Waals surface area contributed by atoms with Crippen LogP contribution in [-0.4, -0.2) is 65.3 Å². The minimum absolute atomic E-state index is 0.109. The second-order valence-corrected chi connectivity index (χ2v) is 6.41. The Labute approximate surface area is 139 Å². The van der Waals surface area contributed by atoms with Crippen LogP contribution in [0.4, 0.5) is 9.93 Å². The van der Waals surface area contributed by atoms with Gasteiger partial charge in [0.2, 0.25) is 0 Å². The van der Waals surface area contributed by atoms with E-state index >= 15 is 0 Å². The Morgan fingerprint density at radius 3 is 2.65 bits per heavy atom. The molecule has 1 aliphatic rings. The first kappa shape index (κ1) is 15.9. The van der Waals surface area contributed by atoms with E-state index in [1.807, 2.05) is 30.3 Å². The molecule has 1 aromatic carbocycles. The van der Waals surface area contributed by atoms with Crippen LogP contribution in [0.5, 0.6) is 0 Å². The standard InChI is InChI=1S/C16H20N4O2S/c21-11-10-19-6-8-20(9-7-19)16(22)18-15-17-12-14(23-15)13-4-2-1-3-5-13/h1-5,12,21H,6-11H2,(H,17,18,22). The van der Waals surface area contributed by atoms with E-state index in [9.17, 15) is 4.79 Å². The summed E-state index contributed by atoms with van der Waals surface area (Å²) in [4.78, 5) is 21.6. The molecule has 0 unspecified atom stereocenters. The third kappa shape index (κ3) is 4.07. The van der Waals surface area contributed by atoms with E-state index in [0.29, 0.717) is 24.8 Å². The number of β-amino-alcohol motifs (C(OH)–C–C–N with tert-alkyl or cyclic N) is 1. The number of thiazole rings is 1. The SMILES string of the molecule is O=C(Nc1ncc(-c2ccccc2)s1)N1CCN(CCO)CC1. The first-order valence-corrected chi connectivity index (χ1v) is 8.48. The number of nitrogens with one attached hydrogen (secondary N) is 1. The third-order valence-corrected chi connectivity index (χ3v) is 4.82. The molecule has 3 rings (SSSR count). The Morgan fingerprint density at radius 1 is 1.22 bits per heavy atom. The van der Waals surface area contributed by atoms with Crippen molar-refractivity contribution in [3.05, 3.63) is 36.5 Å². The quantitative estimate of drug-likeness (QED) is 0.898. The molecule has 1 fully saturated rings. The van der Waals surface area contributed by atoms with Crippen LogP contribution in [0, 0.1) is 0 Å². The molecule has 0 atom stereocenters. The summed E-state index contributed by atoms with van der Waals surface area (Å²) in [5, 5.41) is 12.4. The highest BCUT2D eigenvalue weighted by Gasteiger charge is 2.21. The van der Waals surface area contributed by atoms with Gasteiger partial charge in [0.05, 0.1) is 11.5 Å². The van der Waals surface area contributed by atoms with Crippen molar-refractivity contribution >= 4 is 22.5 Å². The van der Waals surface area contributed by atoms with Crippen molar-refractivity contribution in [1.29, 1.82) is 0 Å². The van der Waals surface area contributed by atoms with Crippen molar-refractivity contribution in [3.63, 3.8) is 0 Å². The van der Waals surface area contributed by atoms with E-state index in [4.69, 9.17) is 5.11 Å². The Morgan fingerprint density at radius 2 is 1.96 bits per heavy atom. The van der Waals surface area contributed by atoms with Gasteiger partial charge in [-0.25, -0.2) is 9.78 Å². The molecule has 122 valence electrons. The number of aromatic nitrogens is 1. The van der Waals surface area contributed by atoms with Crippen molar-refractivity contribution in [2.45, 2.75) is 0 Å². The number of hydrogen-bond donors (Lipinski definition) is 2. The van der Waals surface area contributed by atoms with Crippen LogP contribution < -0.4 is 5.32 Å². The number of carbonyl (C=O) groups excluding carboxylic acids is 1. The van der Waals surface area contributed by atoms with Crippen LogP contribution in [-0.2, 0) is 0 Å². The number of anilines is 1. The number of amides is 2. The molecule has 2 N–H and O–H groups in total. The summed E-state index contributed by atoms with van der Waals surface area (Å²) in [5.41, 5.74) is 1.10. The van der Waals surface area contributed by atoms with Crippen LogP contribution in [0.3, 0.4) is 0 Å². The zero-order valence-electron chi connectivity index (χ0n) is 12.8. The van der Waals surface area contributed by atoms with E-state index in [2.05, 4.69) is 15.2 Å². The van der Waals surface area contributed by atoms with E-state index < -0.39 is 0 Å². The lowest BCUT2D eigenvalue weighted by atomic mass is 10.2. The molecular formula is C16H20N4O2S. The average Bonchev–Trinajstić information content (AvgIpc) is 3.05. The minimum Gasteiger partial charge on any atom is -0.395 e. The number of benzene rings is 1. The molecule has 23 heavy (non-hydrogen) atoms. The van der Waals surface area contributed by atoms with Crippen molar-refractivity contribution in [1.82, 2.24) is 14.8 Å². The van der Waals surface area contributed by atoms with Crippen molar-refractivity contribution < 1.29 is 9.90 Å². The molecular weight excluding hydrogens is 312 g/mol. The van der Waals surface area contributed by atoms with Gasteiger partial charge in [0.15, 0.2) is 5.13 Å². The highest BCUT2D eigenvalue weighted by molar-refractivity contribution is 7.19. The van der Waals surface area contributed by atoms with Crippen LogP contribution in [0.1, 0.15) is 0 Å². The molecule has 7 heteroatoms. The molecule has 2 aromatic rings. The maximum Gasteiger partial charge on any atom is 0.323 e. The molecule has 0 spiro atoms. The number of aliphatic hydroxyl groups excluding tert-OH is 1. The van der Waals surface area contributed by atoms with E-state index in [1.165, 1.54) is 11.3 Å². The van der Waals surface area contributed by atoms with Gasteiger partial charge in [-0.3, -0.25) is 10.2 Å². The van der Waals surface area contributed by atoms with Crippen molar-refractivity contribution in [2.75, 3.05) is 44.6 Å². The largest absolute Gasteiger partial charge is 0.395 e. The Bertz CT molecular complexity index is 639. The maximum absolute atomic E-state index is 12.3. The van der Waals surface area contributed by atoms with Crippen LogP contribution in [0.25, 0.3) is 10.4 Å². The maximum atomic E-state index is 12.3. The normalized spacial score (nSPS) is 15.6. The molecule has 0 radical (unpaired) electrons. The lowest BCUT2D eigenvalue weighted by Crippen LogP contribution is -2.50. The van der Waals surface area contributed by atoms with Crippen LogP contribution in [0.2, 0.25) is 0 Å². The highest BCUT2D eigenvalue weighted by Crippen LogP contribution is 2.28. The van der Waals surface area contributed by atoms with Gasteiger partial charge >= 0.3 is 6.03 Å². The first-order valence-electron chi connectivity index (χ1n) is 7.66.